The van der Waals surface area contributed by atoms with Crippen LogP contribution in [0.25, 0.3) is 0 Å². The van der Waals surface area contributed by atoms with Crippen LogP contribution in [0, 0.1) is 0 Å². The second-order valence-electron chi connectivity index (χ2n) is 4.58. The highest BCUT2D eigenvalue weighted by Crippen LogP contribution is 2.33. The third-order valence-electron chi connectivity index (χ3n) is 3.32. The lowest BCUT2D eigenvalue weighted by atomic mass is 10.0. The zero-order valence-electron chi connectivity index (χ0n) is 12.4. The number of halogens is 2. The van der Waals surface area contributed by atoms with Crippen LogP contribution in [0.3, 0.4) is 0 Å². The largest absolute Gasteiger partial charge is 0.496 e. The highest BCUT2D eigenvalue weighted by Gasteiger charge is 2.21. The zero-order chi connectivity index (χ0) is 15.4. The number of aryl methyl sites for hydroxylation is 1. The fourth-order valence-corrected chi connectivity index (χ4v) is 3.43. The van der Waals surface area contributed by atoms with Gasteiger partial charge in [-0.2, -0.15) is 5.10 Å². The van der Waals surface area contributed by atoms with Gasteiger partial charge in [0, 0.05) is 6.54 Å². The summed E-state index contributed by atoms with van der Waals surface area (Å²) in [6, 6.07) is 6.22. The van der Waals surface area contributed by atoms with E-state index in [-0.39, 0.29) is 6.04 Å². The van der Waals surface area contributed by atoms with Gasteiger partial charge in [-0.25, -0.2) is 0 Å². The normalized spacial score (nSPS) is 12.4. The van der Waals surface area contributed by atoms with Crippen molar-refractivity contribution in [3.05, 3.63) is 44.6 Å². The molecule has 21 heavy (non-hydrogen) atoms. The third kappa shape index (κ3) is 3.49. The predicted octanol–water partition coefficient (Wildman–Crippen LogP) is 4.14. The van der Waals surface area contributed by atoms with Crippen LogP contribution < -0.4 is 10.1 Å². The molecule has 0 aliphatic heterocycles. The predicted molar refractivity (Wildman–Crippen MR) is 91.8 cm³/mol. The molecule has 0 saturated heterocycles. The molecule has 1 aromatic heterocycles. The molecule has 0 spiro atoms. The van der Waals surface area contributed by atoms with Gasteiger partial charge in [-0.1, -0.05) is 13.0 Å². The average molecular weight is 417 g/mol. The molecular weight excluding hydrogens is 398 g/mol. The molecule has 114 valence electrons. The number of aromatic nitrogens is 2. The van der Waals surface area contributed by atoms with E-state index in [9.17, 15) is 0 Å². The quantitative estimate of drug-likeness (QED) is 0.769. The number of benzene rings is 1. The Balaban J connectivity index is 2.48. The van der Waals surface area contributed by atoms with Crippen LogP contribution in [-0.2, 0) is 6.54 Å². The summed E-state index contributed by atoms with van der Waals surface area (Å²) in [7, 11) is 1.67. The van der Waals surface area contributed by atoms with Crippen molar-refractivity contribution < 1.29 is 4.74 Å². The summed E-state index contributed by atoms with van der Waals surface area (Å²) in [5, 5.41) is 7.94. The van der Waals surface area contributed by atoms with Gasteiger partial charge >= 0.3 is 0 Å². The molecule has 0 radical (unpaired) electrons. The molecule has 4 nitrogen and oxygen atoms in total. The fraction of sp³-hybridized carbons (Fsp3) is 0.400. The van der Waals surface area contributed by atoms with Crippen molar-refractivity contribution >= 4 is 31.9 Å². The smallest absolute Gasteiger partial charge is 0.133 e. The van der Waals surface area contributed by atoms with Crippen molar-refractivity contribution in [2.75, 3.05) is 13.7 Å². The van der Waals surface area contributed by atoms with E-state index < -0.39 is 0 Å². The minimum Gasteiger partial charge on any atom is -0.496 e. The van der Waals surface area contributed by atoms with Gasteiger partial charge in [0.1, 0.15) is 5.75 Å². The van der Waals surface area contributed by atoms with Crippen molar-refractivity contribution in [3.63, 3.8) is 0 Å². The van der Waals surface area contributed by atoms with E-state index in [4.69, 9.17) is 4.74 Å². The molecule has 1 heterocycles. The van der Waals surface area contributed by atoms with Gasteiger partial charge in [0.05, 0.1) is 34.0 Å². The number of ether oxygens (including phenoxy) is 1. The molecule has 1 aromatic carbocycles. The summed E-state index contributed by atoms with van der Waals surface area (Å²) in [5.74, 6) is 0.831. The van der Waals surface area contributed by atoms with E-state index in [1.165, 1.54) is 5.56 Å². The van der Waals surface area contributed by atoms with E-state index in [1.807, 2.05) is 16.9 Å². The van der Waals surface area contributed by atoms with Crippen LogP contribution in [0.15, 0.2) is 33.3 Å². The van der Waals surface area contributed by atoms with Gasteiger partial charge in [0.25, 0.3) is 0 Å². The molecule has 0 amide bonds. The standard InChI is InChI=1S/C15H19Br2N3O/c1-4-18-14(15-12(17)9-19-20(15)5-2)10-6-7-13(21-3)11(16)8-10/h6-9,14,18H,4-5H2,1-3H3. The van der Waals surface area contributed by atoms with Gasteiger partial charge in [0.2, 0.25) is 0 Å². The molecule has 2 aromatic rings. The second kappa shape index (κ2) is 7.42. The summed E-state index contributed by atoms with van der Waals surface area (Å²) in [4.78, 5) is 0. The van der Waals surface area contributed by atoms with E-state index in [0.717, 1.165) is 33.5 Å². The second-order valence-corrected chi connectivity index (χ2v) is 6.29. The lowest BCUT2D eigenvalue weighted by molar-refractivity contribution is 0.411. The van der Waals surface area contributed by atoms with Crippen molar-refractivity contribution in [2.45, 2.75) is 26.4 Å². The van der Waals surface area contributed by atoms with Gasteiger partial charge in [-0.3, -0.25) is 4.68 Å². The number of hydrogen-bond acceptors (Lipinski definition) is 3. The molecule has 1 atom stereocenters. The van der Waals surface area contributed by atoms with Crippen molar-refractivity contribution in [1.82, 2.24) is 15.1 Å². The number of nitrogens with zero attached hydrogens (tertiary/aromatic N) is 2. The van der Waals surface area contributed by atoms with Crippen molar-refractivity contribution in [2.24, 2.45) is 0 Å². The molecule has 2 rings (SSSR count). The summed E-state index contributed by atoms with van der Waals surface area (Å²) < 4.78 is 9.28. The summed E-state index contributed by atoms with van der Waals surface area (Å²) >= 11 is 7.17. The number of nitrogens with one attached hydrogen (secondary N) is 1. The lowest BCUT2D eigenvalue weighted by Gasteiger charge is -2.21. The summed E-state index contributed by atoms with van der Waals surface area (Å²) in [6.45, 7) is 5.90. The van der Waals surface area contributed by atoms with E-state index in [2.05, 4.69) is 68.3 Å². The molecule has 0 saturated carbocycles. The van der Waals surface area contributed by atoms with Crippen LogP contribution >= 0.6 is 31.9 Å². The Bertz CT molecular complexity index is 613. The van der Waals surface area contributed by atoms with Crippen molar-refractivity contribution in [3.8, 4) is 5.75 Å². The first-order valence-electron chi connectivity index (χ1n) is 6.90. The zero-order valence-corrected chi connectivity index (χ0v) is 15.5. The molecule has 0 fully saturated rings. The Kier molecular flexibility index (Phi) is 5.84. The average Bonchev–Trinajstić information content (AvgIpc) is 2.85. The molecule has 1 unspecified atom stereocenters. The van der Waals surface area contributed by atoms with Crippen LogP contribution in [0.4, 0.5) is 0 Å². The van der Waals surface area contributed by atoms with Crippen LogP contribution in [-0.4, -0.2) is 23.4 Å². The first-order valence-corrected chi connectivity index (χ1v) is 8.48. The maximum atomic E-state index is 5.30. The SMILES string of the molecule is CCNC(c1ccc(OC)c(Br)c1)c1c(Br)cnn1CC. The molecule has 1 N–H and O–H groups in total. The maximum absolute atomic E-state index is 5.30. The minimum absolute atomic E-state index is 0.0778. The number of methoxy groups -OCH3 is 1. The first-order chi connectivity index (χ1) is 10.1. The Morgan fingerprint density at radius 2 is 2.05 bits per heavy atom. The third-order valence-corrected chi connectivity index (χ3v) is 4.55. The fourth-order valence-electron chi connectivity index (χ4n) is 2.35. The van der Waals surface area contributed by atoms with Gasteiger partial charge < -0.3 is 10.1 Å². The molecule has 0 aliphatic carbocycles. The highest BCUT2D eigenvalue weighted by atomic mass is 79.9. The van der Waals surface area contributed by atoms with E-state index in [1.54, 1.807) is 7.11 Å². The molecule has 6 heteroatoms. The van der Waals surface area contributed by atoms with Gasteiger partial charge in [-0.05, 0) is 63.0 Å². The number of rotatable bonds is 6. The lowest BCUT2D eigenvalue weighted by Crippen LogP contribution is -2.25. The highest BCUT2D eigenvalue weighted by molar-refractivity contribution is 9.10. The Morgan fingerprint density at radius 3 is 2.62 bits per heavy atom. The van der Waals surface area contributed by atoms with Crippen molar-refractivity contribution in [1.29, 1.82) is 0 Å². The Morgan fingerprint density at radius 1 is 1.29 bits per heavy atom. The molecular formula is C15H19Br2N3O. The first kappa shape index (κ1) is 16.5. The van der Waals surface area contributed by atoms with Crippen LogP contribution in [0.2, 0.25) is 0 Å². The van der Waals surface area contributed by atoms with E-state index >= 15 is 0 Å². The summed E-state index contributed by atoms with van der Waals surface area (Å²) in [6.07, 6.45) is 1.85. The van der Waals surface area contributed by atoms with E-state index in [0.29, 0.717) is 0 Å². The minimum atomic E-state index is 0.0778. The monoisotopic (exact) mass is 415 g/mol. The maximum Gasteiger partial charge on any atom is 0.133 e. The molecule has 0 bridgehead atoms. The van der Waals surface area contributed by atoms with Gasteiger partial charge in [0.15, 0.2) is 0 Å². The summed E-state index contributed by atoms with van der Waals surface area (Å²) in [5.41, 5.74) is 2.30. The van der Waals surface area contributed by atoms with Gasteiger partial charge in [-0.15, -0.1) is 0 Å². The van der Waals surface area contributed by atoms with Crippen LogP contribution in [0.5, 0.6) is 5.75 Å². The Labute approximate surface area is 142 Å². The van der Waals surface area contributed by atoms with Crippen LogP contribution in [0.1, 0.15) is 31.1 Å². The Hall–Kier alpha value is -0.850. The topological polar surface area (TPSA) is 39.1 Å². The number of hydrogen-bond donors (Lipinski definition) is 1. The molecule has 0 aliphatic rings.